The first-order valence-corrected chi connectivity index (χ1v) is 6.08. The number of thiazole rings is 1. The quantitative estimate of drug-likeness (QED) is 0.317. The molecule has 17 heavy (non-hydrogen) atoms. The van der Waals surface area contributed by atoms with Crippen molar-refractivity contribution in [3.63, 3.8) is 0 Å². The summed E-state index contributed by atoms with van der Waals surface area (Å²) in [5.41, 5.74) is 4.73. The molecule has 92 valence electrons. The fourth-order valence-corrected chi connectivity index (χ4v) is 2.38. The number of hydrogen-bond donors (Lipinski definition) is 3. The van der Waals surface area contributed by atoms with E-state index in [9.17, 15) is 4.79 Å². The summed E-state index contributed by atoms with van der Waals surface area (Å²) in [7, 11) is 0. The van der Waals surface area contributed by atoms with Crippen LogP contribution in [0, 0.1) is 12.3 Å². The summed E-state index contributed by atoms with van der Waals surface area (Å²) >= 11 is 1.54. The smallest absolute Gasteiger partial charge is 0.234 e. The number of carbonyl (C=O) groups is 1. The first-order chi connectivity index (χ1) is 8.08. The lowest BCUT2D eigenvalue weighted by Crippen LogP contribution is -2.40. The van der Waals surface area contributed by atoms with Crippen LogP contribution in [-0.4, -0.2) is 21.9 Å². The molecule has 1 aliphatic carbocycles. The van der Waals surface area contributed by atoms with Crippen LogP contribution in [0.15, 0.2) is 11.4 Å². The molecule has 1 fully saturated rings. The Morgan fingerprint density at radius 3 is 2.94 bits per heavy atom. The third-order valence-corrected chi connectivity index (χ3v) is 3.79. The average molecular weight is 254 g/mol. The SMILES string of the molecule is Cc1ncc(CNC(=O)C2(/C(N)=N/O)CC2)s1. The van der Waals surface area contributed by atoms with Crippen molar-refractivity contribution in [2.45, 2.75) is 26.3 Å². The highest BCUT2D eigenvalue weighted by Crippen LogP contribution is 2.46. The summed E-state index contributed by atoms with van der Waals surface area (Å²) in [6, 6.07) is 0. The van der Waals surface area contributed by atoms with Crippen molar-refractivity contribution < 1.29 is 10.0 Å². The molecule has 0 aliphatic heterocycles. The van der Waals surface area contributed by atoms with Crippen LogP contribution < -0.4 is 11.1 Å². The van der Waals surface area contributed by atoms with E-state index < -0.39 is 5.41 Å². The lowest BCUT2D eigenvalue weighted by atomic mass is 10.1. The molecule has 6 nitrogen and oxygen atoms in total. The number of aromatic nitrogens is 1. The van der Waals surface area contributed by atoms with Gasteiger partial charge in [-0.3, -0.25) is 4.79 Å². The van der Waals surface area contributed by atoms with Crippen LogP contribution in [0.3, 0.4) is 0 Å². The summed E-state index contributed by atoms with van der Waals surface area (Å²) in [4.78, 5) is 17.0. The molecule has 0 saturated heterocycles. The van der Waals surface area contributed by atoms with Crippen molar-refractivity contribution >= 4 is 23.1 Å². The second-order valence-corrected chi connectivity index (χ2v) is 5.41. The summed E-state index contributed by atoms with van der Waals surface area (Å²) in [6.45, 7) is 2.35. The van der Waals surface area contributed by atoms with E-state index in [0.717, 1.165) is 9.88 Å². The number of oxime groups is 1. The molecule has 0 bridgehead atoms. The molecular formula is C10H14N4O2S. The van der Waals surface area contributed by atoms with E-state index in [2.05, 4.69) is 15.5 Å². The molecule has 1 amide bonds. The van der Waals surface area contributed by atoms with Crippen LogP contribution in [0.5, 0.6) is 0 Å². The third-order valence-electron chi connectivity index (χ3n) is 2.88. The number of carbonyl (C=O) groups excluding carboxylic acids is 1. The van der Waals surface area contributed by atoms with E-state index >= 15 is 0 Å². The van der Waals surface area contributed by atoms with Gasteiger partial charge in [0.1, 0.15) is 5.41 Å². The minimum atomic E-state index is -0.783. The topological polar surface area (TPSA) is 101 Å². The van der Waals surface area contributed by atoms with Crippen LogP contribution in [0.1, 0.15) is 22.7 Å². The Hall–Kier alpha value is -1.63. The highest BCUT2D eigenvalue weighted by Gasteiger charge is 2.54. The molecular weight excluding hydrogens is 240 g/mol. The number of hydrogen-bond acceptors (Lipinski definition) is 5. The Labute approximate surface area is 103 Å². The summed E-state index contributed by atoms with van der Waals surface area (Å²) in [5.74, 6) is -0.186. The van der Waals surface area contributed by atoms with E-state index in [0.29, 0.717) is 19.4 Å². The molecule has 2 rings (SSSR count). The van der Waals surface area contributed by atoms with Crippen molar-refractivity contribution in [3.05, 3.63) is 16.1 Å². The van der Waals surface area contributed by atoms with E-state index in [1.165, 1.54) is 11.3 Å². The normalized spacial score (nSPS) is 17.8. The molecule has 1 aliphatic rings. The van der Waals surface area contributed by atoms with Crippen molar-refractivity contribution in [3.8, 4) is 0 Å². The van der Waals surface area contributed by atoms with Crippen LogP contribution in [-0.2, 0) is 11.3 Å². The van der Waals surface area contributed by atoms with Gasteiger partial charge in [0.25, 0.3) is 0 Å². The van der Waals surface area contributed by atoms with Crippen molar-refractivity contribution in [2.24, 2.45) is 16.3 Å². The van der Waals surface area contributed by atoms with Crippen molar-refractivity contribution in [1.29, 1.82) is 0 Å². The number of nitrogens with one attached hydrogen (secondary N) is 1. The van der Waals surface area contributed by atoms with Gasteiger partial charge in [0.15, 0.2) is 5.84 Å². The second-order valence-electron chi connectivity index (χ2n) is 4.10. The van der Waals surface area contributed by atoms with Gasteiger partial charge in [-0.25, -0.2) is 4.98 Å². The number of amides is 1. The standard InChI is InChI=1S/C10H14N4O2S/c1-6-12-4-7(17-6)5-13-9(15)10(2-3-10)8(11)14-16/h4,16H,2-3,5H2,1H3,(H2,11,14)(H,13,15). The number of nitrogens with zero attached hydrogens (tertiary/aromatic N) is 2. The molecule has 7 heteroatoms. The monoisotopic (exact) mass is 254 g/mol. The Balaban J connectivity index is 1.94. The summed E-state index contributed by atoms with van der Waals surface area (Å²) in [5, 5.41) is 15.3. The highest BCUT2D eigenvalue weighted by atomic mass is 32.1. The molecule has 0 atom stereocenters. The van der Waals surface area contributed by atoms with Gasteiger partial charge in [0.2, 0.25) is 5.91 Å². The Morgan fingerprint density at radius 1 is 1.76 bits per heavy atom. The molecule has 0 aromatic carbocycles. The maximum atomic E-state index is 11.9. The largest absolute Gasteiger partial charge is 0.409 e. The number of aryl methyl sites for hydroxylation is 1. The van der Waals surface area contributed by atoms with Gasteiger partial charge in [-0.15, -0.1) is 11.3 Å². The predicted octanol–water partition coefficient (Wildman–Crippen LogP) is 0.594. The van der Waals surface area contributed by atoms with Gasteiger partial charge in [-0.1, -0.05) is 5.16 Å². The lowest BCUT2D eigenvalue weighted by molar-refractivity contribution is -0.124. The van der Waals surface area contributed by atoms with E-state index in [-0.39, 0.29) is 11.7 Å². The highest BCUT2D eigenvalue weighted by molar-refractivity contribution is 7.11. The van der Waals surface area contributed by atoms with E-state index in [4.69, 9.17) is 10.9 Å². The van der Waals surface area contributed by atoms with Crippen molar-refractivity contribution in [2.75, 3.05) is 0 Å². The van der Waals surface area contributed by atoms with Crippen LogP contribution >= 0.6 is 11.3 Å². The molecule has 0 spiro atoms. The Morgan fingerprint density at radius 2 is 2.47 bits per heavy atom. The predicted molar refractivity (Wildman–Crippen MR) is 63.8 cm³/mol. The molecule has 1 heterocycles. The average Bonchev–Trinajstić information content (AvgIpc) is 3.04. The van der Waals surface area contributed by atoms with Gasteiger partial charge < -0.3 is 16.3 Å². The molecule has 1 aromatic rings. The van der Waals surface area contributed by atoms with Crippen LogP contribution in [0.4, 0.5) is 0 Å². The molecule has 1 aromatic heterocycles. The Bertz CT molecular complexity index is 465. The molecule has 4 N–H and O–H groups in total. The van der Waals surface area contributed by atoms with Crippen molar-refractivity contribution in [1.82, 2.24) is 10.3 Å². The minimum absolute atomic E-state index is 0.00418. The number of rotatable bonds is 4. The van der Waals surface area contributed by atoms with Gasteiger partial charge in [0.05, 0.1) is 11.6 Å². The first kappa shape index (κ1) is 11.8. The molecule has 0 unspecified atom stereocenters. The number of nitrogens with two attached hydrogens (primary N) is 1. The summed E-state index contributed by atoms with van der Waals surface area (Å²) in [6.07, 6.45) is 3.01. The van der Waals surface area contributed by atoms with Gasteiger partial charge >= 0.3 is 0 Å². The summed E-state index contributed by atoms with van der Waals surface area (Å²) < 4.78 is 0. The third kappa shape index (κ3) is 2.23. The maximum Gasteiger partial charge on any atom is 0.234 e. The zero-order valence-corrected chi connectivity index (χ0v) is 10.3. The van der Waals surface area contributed by atoms with Gasteiger partial charge in [-0.2, -0.15) is 0 Å². The first-order valence-electron chi connectivity index (χ1n) is 5.26. The van der Waals surface area contributed by atoms with E-state index in [1.807, 2.05) is 6.92 Å². The lowest BCUT2D eigenvalue weighted by Gasteiger charge is -2.12. The van der Waals surface area contributed by atoms with Gasteiger partial charge in [0, 0.05) is 11.1 Å². The fraction of sp³-hybridized carbons (Fsp3) is 0.500. The molecule has 1 saturated carbocycles. The van der Waals surface area contributed by atoms with E-state index in [1.54, 1.807) is 6.20 Å². The minimum Gasteiger partial charge on any atom is -0.409 e. The second kappa shape index (κ2) is 4.33. The zero-order valence-electron chi connectivity index (χ0n) is 9.43. The zero-order chi connectivity index (χ0) is 12.5. The van der Waals surface area contributed by atoms with Gasteiger partial charge in [-0.05, 0) is 19.8 Å². The fourth-order valence-electron chi connectivity index (χ4n) is 1.64. The van der Waals surface area contributed by atoms with Crippen LogP contribution in [0.2, 0.25) is 0 Å². The maximum absolute atomic E-state index is 11.9. The molecule has 0 radical (unpaired) electrons. The Kier molecular flexibility index (Phi) is 3.01. The number of amidine groups is 1. The van der Waals surface area contributed by atoms with Crippen LogP contribution in [0.25, 0.3) is 0 Å².